The summed E-state index contributed by atoms with van der Waals surface area (Å²) < 4.78 is 48.8. The van der Waals surface area contributed by atoms with Crippen LogP contribution in [0.1, 0.15) is 24.5 Å². The summed E-state index contributed by atoms with van der Waals surface area (Å²) in [4.78, 5) is 11.0. The van der Waals surface area contributed by atoms with Gasteiger partial charge in [-0.1, -0.05) is 18.5 Å². The number of alkyl halides is 3. The van der Waals surface area contributed by atoms with E-state index in [-0.39, 0.29) is 40.4 Å². The monoisotopic (exact) mass is 416 g/mol. The first-order valence-corrected chi connectivity index (χ1v) is 7.99. The molecule has 0 aliphatic heterocycles. The molecule has 1 atom stereocenters. The Kier molecular flexibility index (Phi) is 7.67. The summed E-state index contributed by atoms with van der Waals surface area (Å²) in [5.74, 6) is -1.46. The molecule has 0 saturated heterocycles. The Morgan fingerprint density at radius 2 is 1.93 bits per heavy atom. The predicted molar refractivity (Wildman–Crippen MR) is 93.4 cm³/mol. The van der Waals surface area contributed by atoms with Crippen LogP contribution in [0.15, 0.2) is 36.4 Å². The Bertz CT molecular complexity index is 897. The largest absolute Gasteiger partial charge is 0.546 e. The molecule has 0 saturated carbocycles. The zero-order valence-corrected chi connectivity index (χ0v) is 15.6. The van der Waals surface area contributed by atoms with Gasteiger partial charge in [0.2, 0.25) is 0 Å². The number of hydrogen-bond acceptors (Lipinski definition) is 5. The topological polar surface area (TPSA) is 119 Å². The number of quaternary nitrogens is 1. The van der Waals surface area contributed by atoms with Gasteiger partial charge in [-0.15, -0.1) is 0 Å². The van der Waals surface area contributed by atoms with E-state index in [2.05, 4.69) is 0 Å². The smallest absolute Gasteiger partial charge is 0.416 e. The molecule has 0 radical (unpaired) electrons. The van der Waals surface area contributed by atoms with Crippen molar-refractivity contribution in [1.29, 1.82) is 5.26 Å². The summed E-state index contributed by atoms with van der Waals surface area (Å²) in [7, 11) is 0. The third-order valence-electron chi connectivity index (χ3n) is 3.46. The molecule has 10 heteroatoms. The molecule has 1 unspecified atom stereocenters. The van der Waals surface area contributed by atoms with E-state index in [4.69, 9.17) is 26.3 Å². The second-order valence-electron chi connectivity index (χ2n) is 5.35. The lowest BCUT2D eigenvalue weighted by Crippen LogP contribution is -2.39. The lowest BCUT2D eigenvalue weighted by atomic mass is 10.2. The van der Waals surface area contributed by atoms with Crippen LogP contribution in [-0.2, 0) is 11.0 Å². The first kappa shape index (κ1) is 23.1. The first-order valence-electron chi connectivity index (χ1n) is 7.62. The number of nitriles is 1. The average molecular weight is 417 g/mol. The van der Waals surface area contributed by atoms with E-state index in [1.807, 2.05) is 6.07 Å². The summed E-state index contributed by atoms with van der Waals surface area (Å²) in [6.45, 7) is 1.56. The van der Waals surface area contributed by atoms with Gasteiger partial charge in [0.25, 0.3) is 0 Å². The molecule has 0 aliphatic carbocycles. The van der Waals surface area contributed by atoms with Gasteiger partial charge in [-0.2, -0.15) is 18.4 Å². The van der Waals surface area contributed by atoms with E-state index in [0.717, 1.165) is 18.2 Å². The average Bonchev–Trinajstić information content (AvgIpc) is 2.60. The van der Waals surface area contributed by atoms with Crippen molar-refractivity contribution in [1.82, 2.24) is 6.15 Å². The maximum absolute atomic E-state index is 12.7. The molecular formula is C18H16ClF3N2O4. The molecule has 2 rings (SSSR count). The summed E-state index contributed by atoms with van der Waals surface area (Å²) >= 11 is 5.84. The number of aliphatic carboxylic acids is 1. The Labute approximate surface area is 163 Å². The van der Waals surface area contributed by atoms with Crippen molar-refractivity contribution in [2.45, 2.75) is 25.6 Å². The lowest BCUT2D eigenvalue weighted by Gasteiger charge is -2.19. The third-order valence-corrected chi connectivity index (χ3v) is 3.76. The summed E-state index contributed by atoms with van der Waals surface area (Å²) in [5, 5.41) is 19.9. The molecule has 2 aromatic rings. The normalized spacial score (nSPS) is 11.7. The number of carbonyl (C=O) groups is 1. The second kappa shape index (κ2) is 9.30. The highest BCUT2D eigenvalue weighted by Crippen LogP contribution is 2.37. The molecule has 0 fully saturated rings. The quantitative estimate of drug-likeness (QED) is 0.752. The SMILES string of the molecule is CCC(Oc1cc(Oc2ccc(C(F)(F)F)cc2Cl)ccc1C#N)C(=O)[O-].[NH4+]. The van der Waals surface area contributed by atoms with Gasteiger partial charge in [0.05, 0.1) is 22.1 Å². The van der Waals surface area contributed by atoms with Crippen LogP contribution >= 0.6 is 11.6 Å². The van der Waals surface area contributed by atoms with E-state index >= 15 is 0 Å². The zero-order valence-electron chi connectivity index (χ0n) is 14.8. The van der Waals surface area contributed by atoms with Crippen LogP contribution < -0.4 is 20.7 Å². The number of halogens is 4. The molecule has 150 valence electrons. The number of carbonyl (C=O) groups excluding carboxylic acids is 1. The maximum atomic E-state index is 12.7. The number of rotatable bonds is 6. The second-order valence-corrected chi connectivity index (χ2v) is 5.76. The fraction of sp³-hybridized carbons (Fsp3) is 0.222. The van der Waals surface area contributed by atoms with Crippen LogP contribution in [0.5, 0.6) is 17.2 Å². The van der Waals surface area contributed by atoms with Gasteiger partial charge >= 0.3 is 6.18 Å². The third kappa shape index (κ3) is 5.52. The lowest BCUT2D eigenvalue weighted by molar-refractivity contribution is -0.313. The number of hydrogen-bond donors (Lipinski definition) is 1. The molecule has 0 bridgehead atoms. The van der Waals surface area contributed by atoms with Gasteiger partial charge in [-0.25, -0.2) is 0 Å². The number of carboxylic acid groups (broad SMARTS) is 1. The van der Waals surface area contributed by atoms with E-state index < -0.39 is 23.8 Å². The number of carboxylic acids is 1. The molecule has 28 heavy (non-hydrogen) atoms. The Morgan fingerprint density at radius 3 is 2.43 bits per heavy atom. The van der Waals surface area contributed by atoms with Gasteiger partial charge in [0.1, 0.15) is 29.4 Å². The zero-order chi connectivity index (χ0) is 20.2. The van der Waals surface area contributed by atoms with Crippen molar-refractivity contribution >= 4 is 17.6 Å². The van der Waals surface area contributed by atoms with Gasteiger partial charge < -0.3 is 25.5 Å². The first-order chi connectivity index (χ1) is 12.7. The Morgan fingerprint density at radius 1 is 1.25 bits per heavy atom. The molecular weight excluding hydrogens is 401 g/mol. The van der Waals surface area contributed by atoms with Gasteiger partial charge in [0.15, 0.2) is 0 Å². The van der Waals surface area contributed by atoms with Gasteiger partial charge in [-0.3, -0.25) is 0 Å². The van der Waals surface area contributed by atoms with E-state index in [0.29, 0.717) is 0 Å². The Balaban J connectivity index is 0.00000392. The minimum Gasteiger partial charge on any atom is -0.546 e. The van der Waals surface area contributed by atoms with Crippen LogP contribution in [0.3, 0.4) is 0 Å². The molecule has 4 N–H and O–H groups in total. The Hall–Kier alpha value is -2.96. The predicted octanol–water partition coefficient (Wildman–Crippen LogP) is 4.31. The highest BCUT2D eigenvalue weighted by Gasteiger charge is 2.31. The molecule has 0 aromatic heterocycles. The summed E-state index contributed by atoms with van der Waals surface area (Å²) in [6, 6.07) is 8.38. The fourth-order valence-corrected chi connectivity index (χ4v) is 2.31. The maximum Gasteiger partial charge on any atom is 0.416 e. The van der Waals surface area contributed by atoms with E-state index in [1.165, 1.54) is 18.2 Å². The van der Waals surface area contributed by atoms with E-state index in [9.17, 15) is 23.1 Å². The minimum atomic E-state index is -4.54. The fourth-order valence-electron chi connectivity index (χ4n) is 2.09. The molecule has 0 aliphatic rings. The van der Waals surface area contributed by atoms with E-state index in [1.54, 1.807) is 6.92 Å². The van der Waals surface area contributed by atoms with Crippen LogP contribution in [0.4, 0.5) is 13.2 Å². The number of nitrogens with zero attached hydrogens (tertiary/aromatic N) is 1. The van der Waals surface area contributed by atoms with Crippen molar-refractivity contribution in [3.63, 3.8) is 0 Å². The summed E-state index contributed by atoms with van der Waals surface area (Å²) in [5.41, 5.74) is -0.871. The minimum absolute atomic E-state index is 0. The standard InChI is InChI=1S/C18H13ClF3NO4.H3N/c1-2-14(17(24)25)27-16-8-12(5-3-10(16)9-23)26-15-6-4-11(7-13(15)19)18(20,21)22;/h3-8,14H,2H2,1H3,(H,24,25);1H3. The van der Waals surface area contributed by atoms with Crippen LogP contribution in [0, 0.1) is 11.3 Å². The van der Waals surface area contributed by atoms with Crippen LogP contribution in [-0.4, -0.2) is 12.1 Å². The van der Waals surface area contributed by atoms with Crippen molar-refractivity contribution < 1.29 is 32.5 Å². The molecule has 2 aromatic carbocycles. The number of ether oxygens (including phenoxy) is 2. The number of benzene rings is 2. The molecule has 0 amide bonds. The van der Waals surface area contributed by atoms with Crippen molar-refractivity contribution in [3.8, 4) is 23.3 Å². The van der Waals surface area contributed by atoms with Crippen LogP contribution in [0.25, 0.3) is 0 Å². The van der Waals surface area contributed by atoms with Crippen molar-refractivity contribution in [2.75, 3.05) is 0 Å². The van der Waals surface area contributed by atoms with Gasteiger partial charge in [0, 0.05) is 6.07 Å². The summed E-state index contributed by atoms with van der Waals surface area (Å²) in [6.07, 6.45) is -5.72. The van der Waals surface area contributed by atoms with Gasteiger partial charge in [-0.05, 0) is 36.8 Å². The van der Waals surface area contributed by atoms with Crippen molar-refractivity contribution in [3.05, 3.63) is 52.5 Å². The molecule has 0 heterocycles. The molecule has 0 spiro atoms. The highest BCUT2D eigenvalue weighted by atomic mass is 35.5. The van der Waals surface area contributed by atoms with Crippen molar-refractivity contribution in [2.24, 2.45) is 0 Å². The van der Waals surface area contributed by atoms with Crippen LogP contribution in [0.2, 0.25) is 5.02 Å². The molecule has 6 nitrogen and oxygen atoms in total. The highest BCUT2D eigenvalue weighted by molar-refractivity contribution is 6.32.